The molecule has 1 heterocycles. The summed E-state index contributed by atoms with van der Waals surface area (Å²) in [4.78, 5) is 0. The lowest BCUT2D eigenvalue weighted by atomic mass is 9.86. The molecule has 0 bridgehead atoms. The van der Waals surface area contributed by atoms with Crippen molar-refractivity contribution in [3.63, 3.8) is 0 Å². The third-order valence-electron chi connectivity index (χ3n) is 2.98. The van der Waals surface area contributed by atoms with Gasteiger partial charge in [-0.1, -0.05) is 27.7 Å². The van der Waals surface area contributed by atoms with E-state index in [1.807, 2.05) is 0 Å². The van der Waals surface area contributed by atoms with E-state index in [9.17, 15) is 0 Å². The molecule has 1 aliphatic heterocycles. The van der Waals surface area contributed by atoms with Gasteiger partial charge in [0, 0.05) is 18.3 Å². The number of nitrogens with one attached hydrogen (secondary N) is 2. The van der Waals surface area contributed by atoms with Crippen LogP contribution in [0.1, 0.15) is 34.1 Å². The maximum absolute atomic E-state index is 3.55. The molecule has 2 nitrogen and oxygen atoms in total. The number of hydrogen-bond donors (Lipinski definition) is 2. The molecule has 0 aromatic carbocycles. The van der Waals surface area contributed by atoms with Crippen LogP contribution in [0.5, 0.6) is 0 Å². The van der Waals surface area contributed by atoms with E-state index in [-0.39, 0.29) is 0 Å². The SMILES string of the molecule is CNC1CCNC(C(C)C)=C1C(C)C. The summed E-state index contributed by atoms with van der Waals surface area (Å²) in [5, 5.41) is 6.98. The van der Waals surface area contributed by atoms with E-state index in [0.29, 0.717) is 17.9 Å². The van der Waals surface area contributed by atoms with Crippen molar-refractivity contribution in [2.24, 2.45) is 11.8 Å². The van der Waals surface area contributed by atoms with Crippen molar-refractivity contribution in [3.05, 3.63) is 11.3 Å². The Hall–Kier alpha value is -0.500. The molecule has 1 rings (SSSR count). The third kappa shape index (κ3) is 2.30. The van der Waals surface area contributed by atoms with Crippen molar-refractivity contribution < 1.29 is 0 Å². The topological polar surface area (TPSA) is 24.1 Å². The molecule has 82 valence electrons. The summed E-state index contributed by atoms with van der Waals surface area (Å²) in [6.45, 7) is 10.2. The second-order valence-corrected chi connectivity index (χ2v) is 4.74. The van der Waals surface area contributed by atoms with Crippen LogP contribution in [-0.4, -0.2) is 19.6 Å². The van der Waals surface area contributed by atoms with Gasteiger partial charge in [0.05, 0.1) is 0 Å². The van der Waals surface area contributed by atoms with Gasteiger partial charge in [-0.05, 0) is 30.9 Å². The molecule has 1 unspecified atom stereocenters. The standard InChI is InChI=1S/C12H24N2/c1-8(2)11-10(13-5)6-7-14-12(11)9(3)4/h8-10,13-14H,6-7H2,1-5H3. The molecule has 2 heteroatoms. The molecule has 14 heavy (non-hydrogen) atoms. The van der Waals surface area contributed by atoms with Gasteiger partial charge in [0.2, 0.25) is 0 Å². The van der Waals surface area contributed by atoms with Crippen molar-refractivity contribution in [1.82, 2.24) is 10.6 Å². The van der Waals surface area contributed by atoms with Gasteiger partial charge in [-0.3, -0.25) is 0 Å². The van der Waals surface area contributed by atoms with Crippen LogP contribution in [0.2, 0.25) is 0 Å². The minimum Gasteiger partial charge on any atom is -0.388 e. The van der Waals surface area contributed by atoms with Crippen LogP contribution in [0.15, 0.2) is 11.3 Å². The molecule has 0 amide bonds. The van der Waals surface area contributed by atoms with Gasteiger partial charge < -0.3 is 10.6 Å². The molecule has 1 atom stereocenters. The van der Waals surface area contributed by atoms with Gasteiger partial charge in [-0.2, -0.15) is 0 Å². The molecule has 1 aliphatic rings. The Morgan fingerprint density at radius 3 is 2.29 bits per heavy atom. The van der Waals surface area contributed by atoms with Crippen LogP contribution >= 0.6 is 0 Å². The van der Waals surface area contributed by atoms with E-state index in [1.54, 1.807) is 5.57 Å². The van der Waals surface area contributed by atoms with E-state index in [2.05, 4.69) is 45.4 Å². The first-order valence-electron chi connectivity index (χ1n) is 5.73. The van der Waals surface area contributed by atoms with Gasteiger partial charge in [0.25, 0.3) is 0 Å². The van der Waals surface area contributed by atoms with Crippen molar-refractivity contribution >= 4 is 0 Å². The zero-order valence-corrected chi connectivity index (χ0v) is 10.1. The van der Waals surface area contributed by atoms with Gasteiger partial charge >= 0.3 is 0 Å². The molecule has 0 aromatic heterocycles. The monoisotopic (exact) mass is 196 g/mol. The Morgan fingerprint density at radius 1 is 1.21 bits per heavy atom. The van der Waals surface area contributed by atoms with E-state index < -0.39 is 0 Å². The predicted molar refractivity (Wildman–Crippen MR) is 62.2 cm³/mol. The number of allylic oxidation sites excluding steroid dienone is 1. The number of likely N-dealkylation sites (N-methyl/N-ethyl adjacent to an activating group) is 1. The van der Waals surface area contributed by atoms with E-state index >= 15 is 0 Å². The summed E-state index contributed by atoms with van der Waals surface area (Å²) in [6.07, 6.45) is 1.21. The lowest BCUT2D eigenvalue weighted by molar-refractivity contribution is 0.453. The fourth-order valence-electron chi connectivity index (χ4n) is 2.35. The maximum atomic E-state index is 3.55. The molecule has 0 spiro atoms. The van der Waals surface area contributed by atoms with Crippen LogP contribution in [0, 0.1) is 11.8 Å². The van der Waals surface area contributed by atoms with Crippen LogP contribution in [-0.2, 0) is 0 Å². The number of rotatable bonds is 3. The zero-order valence-electron chi connectivity index (χ0n) is 10.1. The Labute approximate surface area is 88.2 Å². The third-order valence-corrected chi connectivity index (χ3v) is 2.98. The summed E-state index contributed by atoms with van der Waals surface area (Å²) in [5.41, 5.74) is 3.04. The summed E-state index contributed by atoms with van der Waals surface area (Å²) in [5.74, 6) is 1.25. The highest BCUT2D eigenvalue weighted by molar-refractivity contribution is 5.24. The van der Waals surface area contributed by atoms with E-state index in [0.717, 1.165) is 6.54 Å². The highest BCUT2D eigenvalue weighted by Gasteiger charge is 2.24. The normalized spacial score (nSPS) is 23.2. The van der Waals surface area contributed by atoms with Crippen molar-refractivity contribution in [2.45, 2.75) is 40.2 Å². The average Bonchev–Trinajstić information content (AvgIpc) is 2.16. The smallest absolute Gasteiger partial charge is 0.0316 e. The minimum absolute atomic E-state index is 0.577. The van der Waals surface area contributed by atoms with Crippen LogP contribution < -0.4 is 10.6 Å². The van der Waals surface area contributed by atoms with Gasteiger partial charge in [-0.15, -0.1) is 0 Å². The van der Waals surface area contributed by atoms with Gasteiger partial charge in [0.15, 0.2) is 0 Å². The molecule has 0 saturated heterocycles. The molecular weight excluding hydrogens is 172 g/mol. The zero-order chi connectivity index (χ0) is 10.7. The van der Waals surface area contributed by atoms with Gasteiger partial charge in [0.1, 0.15) is 0 Å². The largest absolute Gasteiger partial charge is 0.388 e. The van der Waals surface area contributed by atoms with Crippen LogP contribution in [0.3, 0.4) is 0 Å². The fraction of sp³-hybridized carbons (Fsp3) is 0.833. The Bertz CT molecular complexity index is 216. The lowest BCUT2D eigenvalue weighted by Crippen LogP contribution is -2.41. The van der Waals surface area contributed by atoms with Gasteiger partial charge in [-0.25, -0.2) is 0 Å². The summed E-state index contributed by atoms with van der Waals surface area (Å²) in [6, 6.07) is 0.577. The Kier molecular flexibility index (Phi) is 3.99. The lowest BCUT2D eigenvalue weighted by Gasteiger charge is -2.33. The molecule has 0 fully saturated rings. The summed E-state index contributed by atoms with van der Waals surface area (Å²) >= 11 is 0. The molecule has 0 aromatic rings. The summed E-state index contributed by atoms with van der Waals surface area (Å²) in [7, 11) is 2.07. The fourth-order valence-corrected chi connectivity index (χ4v) is 2.35. The first kappa shape index (κ1) is 11.6. The summed E-state index contributed by atoms with van der Waals surface area (Å²) < 4.78 is 0. The van der Waals surface area contributed by atoms with E-state index in [1.165, 1.54) is 12.1 Å². The first-order chi connectivity index (χ1) is 6.57. The molecule has 0 radical (unpaired) electrons. The Balaban J connectivity index is 2.99. The number of hydrogen-bond acceptors (Lipinski definition) is 2. The molecule has 0 saturated carbocycles. The maximum Gasteiger partial charge on any atom is 0.0316 e. The predicted octanol–water partition coefficient (Wildman–Crippen LogP) is 2.13. The highest BCUT2D eigenvalue weighted by atomic mass is 15.0. The van der Waals surface area contributed by atoms with Crippen molar-refractivity contribution in [2.75, 3.05) is 13.6 Å². The first-order valence-corrected chi connectivity index (χ1v) is 5.73. The molecular formula is C12H24N2. The Morgan fingerprint density at radius 2 is 1.86 bits per heavy atom. The quantitative estimate of drug-likeness (QED) is 0.722. The van der Waals surface area contributed by atoms with E-state index in [4.69, 9.17) is 0 Å². The molecule has 2 N–H and O–H groups in total. The van der Waals surface area contributed by atoms with Crippen LogP contribution in [0.4, 0.5) is 0 Å². The van der Waals surface area contributed by atoms with Crippen molar-refractivity contribution in [3.8, 4) is 0 Å². The van der Waals surface area contributed by atoms with Crippen molar-refractivity contribution in [1.29, 1.82) is 0 Å². The second kappa shape index (κ2) is 4.83. The average molecular weight is 196 g/mol. The molecule has 0 aliphatic carbocycles. The highest BCUT2D eigenvalue weighted by Crippen LogP contribution is 2.26. The minimum atomic E-state index is 0.577. The second-order valence-electron chi connectivity index (χ2n) is 4.74. The van der Waals surface area contributed by atoms with Crippen LogP contribution in [0.25, 0.3) is 0 Å².